The van der Waals surface area contributed by atoms with Gasteiger partial charge in [0.15, 0.2) is 0 Å². The van der Waals surface area contributed by atoms with E-state index in [-0.39, 0.29) is 0 Å². The number of fused-ring (bicyclic) bond motifs is 12. The molecule has 0 radical (unpaired) electrons. The van der Waals surface area contributed by atoms with Gasteiger partial charge in [0, 0.05) is 54.3 Å². The predicted octanol–water partition coefficient (Wildman–Crippen LogP) is 16.8. The lowest BCUT2D eigenvalue weighted by molar-refractivity contribution is 1.01. The van der Waals surface area contributed by atoms with Crippen LogP contribution >= 0.6 is 0 Å². The SMILES string of the molecule is c1ccc(-n2c3ccccc3c3c(-c4cccc(-n5c6ccccc6c6ccccc65)c4-c4cc(-n5c6ccccc6c6ccccc65)nc(-n5c6ccccc6c6ccccc65)c4)cccc32)cc1. The zero-order chi connectivity index (χ0) is 45.9. The summed E-state index contributed by atoms with van der Waals surface area (Å²) in [5, 5.41) is 9.61. The number of hydrogen-bond acceptors (Lipinski definition) is 1. The summed E-state index contributed by atoms with van der Waals surface area (Å²) in [6.07, 6.45) is 0. The van der Waals surface area contributed by atoms with Crippen LogP contribution in [-0.4, -0.2) is 23.3 Å². The topological polar surface area (TPSA) is 32.6 Å². The van der Waals surface area contributed by atoms with Crippen molar-refractivity contribution in [2.75, 3.05) is 0 Å². The Bertz CT molecular complexity index is 4310. The van der Waals surface area contributed by atoms with Gasteiger partial charge in [0.1, 0.15) is 11.6 Å². The van der Waals surface area contributed by atoms with Gasteiger partial charge in [0.05, 0.1) is 49.8 Å². The minimum Gasteiger partial charge on any atom is -0.309 e. The van der Waals surface area contributed by atoms with E-state index in [2.05, 4.69) is 267 Å². The molecule has 70 heavy (non-hydrogen) atoms. The van der Waals surface area contributed by atoms with E-state index >= 15 is 0 Å². The highest BCUT2D eigenvalue weighted by Crippen LogP contribution is 2.47. The van der Waals surface area contributed by atoms with Crippen molar-refractivity contribution in [2.45, 2.75) is 0 Å². The molecule has 0 spiro atoms. The third kappa shape index (κ3) is 5.51. The normalized spacial score (nSPS) is 12.0. The number of hydrogen-bond donors (Lipinski definition) is 0. The van der Waals surface area contributed by atoms with Gasteiger partial charge in [-0.1, -0.05) is 170 Å². The Morgan fingerprint density at radius 2 is 0.614 bits per heavy atom. The predicted molar refractivity (Wildman–Crippen MR) is 292 cm³/mol. The zero-order valence-electron chi connectivity index (χ0n) is 37.9. The van der Waals surface area contributed by atoms with Crippen molar-refractivity contribution in [1.29, 1.82) is 0 Å². The maximum absolute atomic E-state index is 5.78. The lowest BCUT2D eigenvalue weighted by atomic mass is 9.90. The first-order valence-electron chi connectivity index (χ1n) is 24.0. The molecule has 0 bridgehead atoms. The average Bonchev–Trinajstić information content (AvgIpc) is 4.16. The maximum Gasteiger partial charge on any atom is 0.140 e. The molecule has 0 amide bonds. The zero-order valence-corrected chi connectivity index (χ0v) is 37.9. The van der Waals surface area contributed by atoms with E-state index < -0.39 is 0 Å². The number of pyridine rings is 1. The van der Waals surface area contributed by atoms with Crippen LogP contribution in [0.25, 0.3) is 132 Å². The van der Waals surface area contributed by atoms with Crippen LogP contribution in [0.3, 0.4) is 0 Å². The molecule has 0 aliphatic carbocycles. The molecule has 0 aliphatic heterocycles. The van der Waals surface area contributed by atoms with E-state index in [4.69, 9.17) is 4.98 Å². The number of aromatic nitrogens is 5. The highest BCUT2D eigenvalue weighted by atomic mass is 15.1. The summed E-state index contributed by atoms with van der Waals surface area (Å²) in [5.74, 6) is 1.68. The summed E-state index contributed by atoms with van der Waals surface area (Å²) in [4.78, 5) is 5.78. The molecule has 15 aromatic rings. The Morgan fingerprint density at radius 3 is 1.09 bits per heavy atom. The Balaban J connectivity index is 1.13. The van der Waals surface area contributed by atoms with Crippen molar-refractivity contribution in [3.63, 3.8) is 0 Å². The average molecular weight is 892 g/mol. The van der Waals surface area contributed by atoms with Crippen molar-refractivity contribution in [3.05, 3.63) is 249 Å². The van der Waals surface area contributed by atoms with Gasteiger partial charge < -0.3 is 9.13 Å². The fraction of sp³-hybridized carbons (Fsp3) is 0. The van der Waals surface area contributed by atoms with Gasteiger partial charge in [-0.25, -0.2) is 4.98 Å². The Hall–Kier alpha value is -9.45. The molecule has 5 nitrogen and oxygen atoms in total. The highest BCUT2D eigenvalue weighted by molar-refractivity contribution is 6.18. The molecule has 0 fully saturated rings. The Kier molecular flexibility index (Phi) is 8.29. The fourth-order valence-corrected chi connectivity index (χ4v) is 11.7. The van der Waals surface area contributed by atoms with Crippen molar-refractivity contribution in [3.8, 4) is 45.3 Å². The van der Waals surface area contributed by atoms with Crippen molar-refractivity contribution >= 4 is 87.2 Å². The quantitative estimate of drug-likeness (QED) is 0.164. The van der Waals surface area contributed by atoms with Crippen molar-refractivity contribution < 1.29 is 0 Å². The van der Waals surface area contributed by atoms with Crippen LogP contribution in [0.15, 0.2) is 249 Å². The molecule has 5 heteroatoms. The Morgan fingerprint density at radius 1 is 0.257 bits per heavy atom. The van der Waals surface area contributed by atoms with Gasteiger partial charge >= 0.3 is 0 Å². The third-order valence-corrected chi connectivity index (χ3v) is 14.6. The van der Waals surface area contributed by atoms with E-state index in [1.165, 1.54) is 48.6 Å². The summed E-state index contributed by atoms with van der Waals surface area (Å²) >= 11 is 0. The largest absolute Gasteiger partial charge is 0.309 e. The molecule has 0 unspecified atom stereocenters. The van der Waals surface area contributed by atoms with Gasteiger partial charge in [-0.3, -0.25) is 9.13 Å². The smallest absolute Gasteiger partial charge is 0.140 e. The molecule has 5 heterocycles. The molecule has 326 valence electrons. The standard InChI is InChI=1S/C65H41N5/c1-2-20-43(21-3-1)67-59-37-17-10-28-52(59)65-51(30-19-39-61(65)67)50-29-18-38-60(68-53-31-11-4-22-44(53)45-23-5-12-32-54(45)68)64(50)42-40-62(69-55-33-13-6-24-46(55)47-25-7-14-34-56(47)69)66-63(41-42)70-57-35-15-8-26-48(57)49-27-9-16-36-58(49)70/h1-41H. The summed E-state index contributed by atoms with van der Waals surface area (Å²) < 4.78 is 9.63. The van der Waals surface area contributed by atoms with Crippen LogP contribution in [0.4, 0.5) is 0 Å². The maximum atomic E-state index is 5.78. The summed E-state index contributed by atoms with van der Waals surface area (Å²) in [6.45, 7) is 0. The summed E-state index contributed by atoms with van der Waals surface area (Å²) in [7, 11) is 0. The third-order valence-electron chi connectivity index (χ3n) is 14.6. The molecule has 0 atom stereocenters. The van der Waals surface area contributed by atoms with E-state index in [1.807, 2.05) is 0 Å². The van der Waals surface area contributed by atoms with Gasteiger partial charge in [-0.15, -0.1) is 0 Å². The van der Waals surface area contributed by atoms with Crippen molar-refractivity contribution in [1.82, 2.24) is 23.3 Å². The number of benzene rings is 10. The molecule has 10 aromatic carbocycles. The first-order valence-corrected chi connectivity index (χ1v) is 24.0. The van der Waals surface area contributed by atoms with Crippen LogP contribution in [0.1, 0.15) is 0 Å². The lowest BCUT2D eigenvalue weighted by Crippen LogP contribution is -2.06. The summed E-state index contributed by atoms with van der Waals surface area (Å²) in [5.41, 5.74) is 15.7. The fourth-order valence-electron chi connectivity index (χ4n) is 11.7. The van der Waals surface area contributed by atoms with E-state index in [9.17, 15) is 0 Å². The van der Waals surface area contributed by atoms with Gasteiger partial charge in [-0.05, 0) is 95.6 Å². The molecular formula is C65H41N5. The van der Waals surface area contributed by atoms with E-state index in [0.29, 0.717) is 0 Å². The van der Waals surface area contributed by atoms with Crippen LogP contribution in [-0.2, 0) is 0 Å². The van der Waals surface area contributed by atoms with E-state index in [0.717, 1.165) is 83.9 Å². The molecule has 0 aliphatic rings. The molecule has 0 saturated heterocycles. The first kappa shape index (κ1) is 38.6. The van der Waals surface area contributed by atoms with Gasteiger partial charge in [0.2, 0.25) is 0 Å². The monoisotopic (exact) mass is 891 g/mol. The first-order chi connectivity index (χ1) is 34.8. The lowest BCUT2D eigenvalue weighted by Gasteiger charge is -2.21. The number of rotatable bonds is 6. The summed E-state index contributed by atoms with van der Waals surface area (Å²) in [6, 6.07) is 90.5. The van der Waals surface area contributed by atoms with Crippen LogP contribution in [0.5, 0.6) is 0 Å². The minimum atomic E-state index is 0.841. The Labute approximate surface area is 402 Å². The second kappa shape index (κ2) is 15.0. The molecule has 5 aromatic heterocycles. The minimum absolute atomic E-state index is 0.841. The van der Waals surface area contributed by atoms with Crippen LogP contribution in [0, 0.1) is 0 Å². The number of para-hydroxylation sites is 8. The van der Waals surface area contributed by atoms with Gasteiger partial charge in [0.25, 0.3) is 0 Å². The number of nitrogens with zero attached hydrogens (tertiary/aromatic N) is 5. The second-order valence-electron chi connectivity index (χ2n) is 18.3. The van der Waals surface area contributed by atoms with Crippen LogP contribution < -0.4 is 0 Å². The van der Waals surface area contributed by atoms with Gasteiger partial charge in [-0.2, -0.15) is 0 Å². The molecule has 15 rings (SSSR count). The molecular weight excluding hydrogens is 851 g/mol. The van der Waals surface area contributed by atoms with E-state index in [1.54, 1.807) is 0 Å². The van der Waals surface area contributed by atoms with Crippen molar-refractivity contribution in [2.24, 2.45) is 0 Å². The molecule has 0 N–H and O–H groups in total. The highest BCUT2D eigenvalue weighted by Gasteiger charge is 2.25. The molecule has 0 saturated carbocycles. The van der Waals surface area contributed by atoms with Crippen LogP contribution in [0.2, 0.25) is 0 Å². The second-order valence-corrected chi connectivity index (χ2v) is 18.3.